The molecule has 3 rings (SSSR count). The summed E-state index contributed by atoms with van der Waals surface area (Å²) in [5.74, 6) is 1.11. The summed E-state index contributed by atoms with van der Waals surface area (Å²) in [6.07, 6.45) is 1.18. The van der Waals surface area contributed by atoms with Crippen molar-refractivity contribution in [2.24, 2.45) is 5.92 Å². The molecule has 1 unspecified atom stereocenters. The molecular formula is C23H28ClNO5. The first-order valence-corrected chi connectivity index (χ1v) is 10.5. The maximum absolute atomic E-state index is 11.4. The summed E-state index contributed by atoms with van der Waals surface area (Å²) < 4.78 is 17.0. The number of aliphatic carboxylic acids is 1. The van der Waals surface area contributed by atoms with Gasteiger partial charge in [0.1, 0.15) is 17.2 Å². The highest BCUT2D eigenvalue weighted by molar-refractivity contribution is 6.30. The van der Waals surface area contributed by atoms with Gasteiger partial charge in [0.2, 0.25) is 0 Å². The Bertz CT molecular complexity index is 880. The first-order valence-electron chi connectivity index (χ1n) is 10.1. The number of ether oxygens (including phenoxy) is 3. The van der Waals surface area contributed by atoms with Gasteiger partial charge in [-0.1, -0.05) is 11.6 Å². The van der Waals surface area contributed by atoms with E-state index in [4.69, 9.17) is 25.8 Å². The van der Waals surface area contributed by atoms with Crippen LogP contribution in [0.3, 0.4) is 0 Å². The molecule has 162 valence electrons. The quantitative estimate of drug-likeness (QED) is 0.654. The fourth-order valence-electron chi connectivity index (χ4n) is 4.03. The van der Waals surface area contributed by atoms with Crippen LogP contribution in [0.5, 0.6) is 17.2 Å². The van der Waals surface area contributed by atoms with Crippen molar-refractivity contribution in [3.63, 3.8) is 0 Å². The minimum absolute atomic E-state index is 0.194. The SMILES string of the molecule is CCOc1ccc(Cl)cc1C(c1ccc(OC)cc1OC)N1CCC(C(=O)O)CC1. The topological polar surface area (TPSA) is 68.2 Å². The molecule has 0 amide bonds. The van der Waals surface area contributed by atoms with E-state index < -0.39 is 5.97 Å². The standard InChI is InChI=1S/C23H28ClNO5/c1-4-30-20-8-5-16(24)13-19(20)22(25-11-9-15(10-12-25)23(26)27)18-7-6-17(28-2)14-21(18)29-3/h5-8,13-15,22H,4,9-12H2,1-3H3,(H,26,27). The second-order valence-corrected chi connectivity index (χ2v) is 7.71. The fourth-order valence-corrected chi connectivity index (χ4v) is 4.21. The predicted octanol–water partition coefficient (Wildman–Crippen LogP) is 4.64. The lowest BCUT2D eigenvalue weighted by Gasteiger charge is -2.38. The molecule has 30 heavy (non-hydrogen) atoms. The summed E-state index contributed by atoms with van der Waals surface area (Å²) in [5, 5.41) is 10.0. The monoisotopic (exact) mass is 433 g/mol. The first kappa shape index (κ1) is 22.2. The molecule has 1 aliphatic heterocycles. The number of nitrogens with zero attached hydrogens (tertiary/aromatic N) is 1. The summed E-state index contributed by atoms with van der Waals surface area (Å²) in [7, 11) is 3.25. The summed E-state index contributed by atoms with van der Waals surface area (Å²) in [6, 6.07) is 11.2. The Hall–Kier alpha value is -2.44. The van der Waals surface area contributed by atoms with E-state index in [1.54, 1.807) is 14.2 Å². The zero-order valence-electron chi connectivity index (χ0n) is 17.6. The van der Waals surface area contributed by atoms with Gasteiger partial charge in [0, 0.05) is 22.2 Å². The van der Waals surface area contributed by atoms with E-state index in [1.807, 2.05) is 43.3 Å². The second kappa shape index (κ2) is 10.0. The Labute approximate surface area is 182 Å². The van der Waals surface area contributed by atoms with Crippen molar-refractivity contribution in [3.8, 4) is 17.2 Å². The Morgan fingerprint density at radius 2 is 1.83 bits per heavy atom. The number of hydrogen-bond acceptors (Lipinski definition) is 5. The zero-order chi connectivity index (χ0) is 21.7. The second-order valence-electron chi connectivity index (χ2n) is 7.27. The third-order valence-electron chi connectivity index (χ3n) is 5.55. The predicted molar refractivity (Wildman–Crippen MR) is 116 cm³/mol. The van der Waals surface area contributed by atoms with E-state index in [1.165, 1.54) is 0 Å². The van der Waals surface area contributed by atoms with E-state index in [0.29, 0.717) is 49.1 Å². The Morgan fingerprint density at radius 3 is 2.43 bits per heavy atom. The Kier molecular flexibility index (Phi) is 7.45. The van der Waals surface area contributed by atoms with Crippen LogP contribution in [-0.2, 0) is 4.79 Å². The van der Waals surface area contributed by atoms with Crippen LogP contribution in [0.15, 0.2) is 36.4 Å². The molecule has 0 aromatic heterocycles. The Balaban J connectivity index is 2.09. The van der Waals surface area contributed by atoms with Gasteiger partial charge in [-0.25, -0.2) is 0 Å². The average molecular weight is 434 g/mol. The minimum atomic E-state index is -0.731. The lowest BCUT2D eigenvalue weighted by molar-refractivity contribution is -0.143. The number of benzene rings is 2. The number of carbonyl (C=O) groups is 1. The van der Waals surface area contributed by atoms with Crippen molar-refractivity contribution in [1.82, 2.24) is 4.90 Å². The summed E-state index contributed by atoms with van der Waals surface area (Å²) in [6.45, 7) is 3.77. The van der Waals surface area contributed by atoms with E-state index in [0.717, 1.165) is 16.9 Å². The molecular weight excluding hydrogens is 406 g/mol. The molecule has 1 aliphatic rings. The smallest absolute Gasteiger partial charge is 0.306 e. The molecule has 7 heteroatoms. The van der Waals surface area contributed by atoms with Gasteiger partial charge < -0.3 is 19.3 Å². The van der Waals surface area contributed by atoms with Crippen LogP contribution in [0, 0.1) is 5.92 Å². The van der Waals surface area contributed by atoms with Crippen molar-refractivity contribution in [2.45, 2.75) is 25.8 Å². The number of likely N-dealkylation sites (tertiary alicyclic amines) is 1. The third-order valence-corrected chi connectivity index (χ3v) is 5.78. The number of piperidine rings is 1. The van der Waals surface area contributed by atoms with Gasteiger partial charge in [0.25, 0.3) is 0 Å². The van der Waals surface area contributed by atoms with E-state index in [-0.39, 0.29) is 12.0 Å². The molecule has 0 radical (unpaired) electrons. The number of methoxy groups -OCH3 is 2. The maximum atomic E-state index is 11.4. The van der Waals surface area contributed by atoms with Crippen molar-refractivity contribution in [3.05, 3.63) is 52.5 Å². The van der Waals surface area contributed by atoms with Crippen molar-refractivity contribution in [1.29, 1.82) is 0 Å². The van der Waals surface area contributed by atoms with Crippen LogP contribution < -0.4 is 14.2 Å². The highest BCUT2D eigenvalue weighted by atomic mass is 35.5. The van der Waals surface area contributed by atoms with E-state index in [9.17, 15) is 9.90 Å². The molecule has 1 saturated heterocycles. The number of rotatable bonds is 8. The van der Waals surface area contributed by atoms with Crippen LogP contribution in [0.4, 0.5) is 0 Å². The first-order chi connectivity index (χ1) is 14.5. The van der Waals surface area contributed by atoms with Gasteiger partial charge in [-0.05, 0) is 63.2 Å². The normalized spacial score (nSPS) is 16.1. The van der Waals surface area contributed by atoms with Gasteiger partial charge in [-0.2, -0.15) is 0 Å². The van der Waals surface area contributed by atoms with E-state index >= 15 is 0 Å². The van der Waals surface area contributed by atoms with Crippen molar-refractivity contribution < 1.29 is 24.1 Å². The van der Waals surface area contributed by atoms with Crippen LogP contribution in [-0.4, -0.2) is 49.9 Å². The number of carboxylic acids is 1. The van der Waals surface area contributed by atoms with Crippen LogP contribution >= 0.6 is 11.6 Å². The molecule has 1 fully saturated rings. The van der Waals surface area contributed by atoms with Crippen LogP contribution in [0.25, 0.3) is 0 Å². The molecule has 0 aliphatic carbocycles. The summed E-state index contributed by atoms with van der Waals surface area (Å²) in [4.78, 5) is 13.7. The number of halogens is 1. The van der Waals surface area contributed by atoms with Gasteiger partial charge in [0.05, 0.1) is 32.8 Å². The summed E-state index contributed by atoms with van der Waals surface area (Å²) >= 11 is 6.37. The minimum Gasteiger partial charge on any atom is -0.497 e. The lowest BCUT2D eigenvalue weighted by atomic mass is 9.90. The molecule has 0 bridgehead atoms. The molecule has 1 heterocycles. The van der Waals surface area contributed by atoms with Crippen LogP contribution in [0.2, 0.25) is 5.02 Å². The molecule has 1 atom stereocenters. The fraction of sp³-hybridized carbons (Fsp3) is 0.435. The summed E-state index contributed by atoms with van der Waals surface area (Å²) in [5.41, 5.74) is 1.89. The van der Waals surface area contributed by atoms with Crippen molar-refractivity contribution >= 4 is 17.6 Å². The highest BCUT2D eigenvalue weighted by Gasteiger charge is 2.33. The molecule has 0 spiro atoms. The highest BCUT2D eigenvalue weighted by Crippen LogP contribution is 2.42. The maximum Gasteiger partial charge on any atom is 0.306 e. The van der Waals surface area contributed by atoms with Gasteiger partial charge >= 0.3 is 5.97 Å². The van der Waals surface area contributed by atoms with E-state index in [2.05, 4.69) is 4.90 Å². The molecule has 6 nitrogen and oxygen atoms in total. The van der Waals surface area contributed by atoms with Gasteiger partial charge in [-0.15, -0.1) is 0 Å². The third kappa shape index (κ3) is 4.82. The molecule has 0 saturated carbocycles. The molecule has 1 N–H and O–H groups in total. The number of carboxylic acid groups (broad SMARTS) is 1. The van der Waals surface area contributed by atoms with Gasteiger partial charge in [0.15, 0.2) is 0 Å². The molecule has 2 aromatic carbocycles. The Morgan fingerprint density at radius 1 is 1.10 bits per heavy atom. The number of hydrogen-bond donors (Lipinski definition) is 1. The lowest BCUT2D eigenvalue weighted by Crippen LogP contribution is -2.39. The van der Waals surface area contributed by atoms with Gasteiger partial charge in [-0.3, -0.25) is 9.69 Å². The van der Waals surface area contributed by atoms with Crippen LogP contribution in [0.1, 0.15) is 36.9 Å². The average Bonchev–Trinajstić information content (AvgIpc) is 2.76. The largest absolute Gasteiger partial charge is 0.497 e. The molecule has 2 aromatic rings. The zero-order valence-corrected chi connectivity index (χ0v) is 18.3. The van der Waals surface area contributed by atoms with Crippen molar-refractivity contribution in [2.75, 3.05) is 33.9 Å².